The fourth-order valence-electron chi connectivity index (χ4n) is 3.71. The average Bonchev–Trinajstić information content (AvgIpc) is 2.40. The van der Waals surface area contributed by atoms with Gasteiger partial charge >= 0.3 is 0 Å². The molecule has 3 unspecified atom stereocenters. The summed E-state index contributed by atoms with van der Waals surface area (Å²) in [6.45, 7) is 16.9. The van der Waals surface area contributed by atoms with Crippen LogP contribution in [-0.4, -0.2) is 25.8 Å². The molecule has 2 nitrogen and oxygen atoms in total. The lowest BCUT2D eigenvalue weighted by molar-refractivity contribution is 0.0797. The van der Waals surface area contributed by atoms with Crippen LogP contribution in [0.25, 0.3) is 0 Å². The molecule has 1 aliphatic carbocycles. The van der Waals surface area contributed by atoms with E-state index in [4.69, 9.17) is 4.74 Å². The first-order valence-corrected chi connectivity index (χ1v) is 9.15. The lowest BCUT2D eigenvalue weighted by Gasteiger charge is -2.42. The molecule has 1 N–H and O–H groups in total. The Hall–Kier alpha value is -0.0800. The SMILES string of the molecule is CCOCCCC1CC(C(C)(C)C)CCC1CNC(C)C. The Morgan fingerprint density at radius 3 is 2.43 bits per heavy atom. The third-order valence-corrected chi connectivity index (χ3v) is 5.22. The van der Waals surface area contributed by atoms with Crippen molar-refractivity contribution in [3.8, 4) is 0 Å². The van der Waals surface area contributed by atoms with Crippen molar-refractivity contribution >= 4 is 0 Å². The molecule has 0 aromatic rings. The van der Waals surface area contributed by atoms with Crippen LogP contribution in [0.15, 0.2) is 0 Å². The average molecular weight is 298 g/mol. The lowest BCUT2D eigenvalue weighted by atomic mass is 9.64. The van der Waals surface area contributed by atoms with Crippen LogP contribution >= 0.6 is 0 Å². The van der Waals surface area contributed by atoms with E-state index in [1.54, 1.807) is 0 Å². The van der Waals surface area contributed by atoms with Gasteiger partial charge < -0.3 is 10.1 Å². The molecule has 1 rings (SSSR count). The highest BCUT2D eigenvalue weighted by atomic mass is 16.5. The van der Waals surface area contributed by atoms with Gasteiger partial charge in [0.15, 0.2) is 0 Å². The highest BCUT2D eigenvalue weighted by Crippen LogP contribution is 2.44. The third-order valence-electron chi connectivity index (χ3n) is 5.22. The summed E-state index contributed by atoms with van der Waals surface area (Å²) in [5.74, 6) is 2.65. The van der Waals surface area contributed by atoms with Gasteiger partial charge in [-0.2, -0.15) is 0 Å². The van der Waals surface area contributed by atoms with E-state index < -0.39 is 0 Å². The first-order chi connectivity index (χ1) is 9.84. The number of rotatable bonds is 8. The van der Waals surface area contributed by atoms with Gasteiger partial charge in [-0.05, 0) is 68.7 Å². The summed E-state index contributed by atoms with van der Waals surface area (Å²) in [7, 11) is 0. The van der Waals surface area contributed by atoms with E-state index in [0.29, 0.717) is 11.5 Å². The zero-order chi connectivity index (χ0) is 15.9. The van der Waals surface area contributed by atoms with Crippen molar-refractivity contribution in [2.75, 3.05) is 19.8 Å². The van der Waals surface area contributed by atoms with E-state index in [-0.39, 0.29) is 0 Å². The summed E-state index contributed by atoms with van der Waals surface area (Å²) < 4.78 is 5.54. The quantitative estimate of drug-likeness (QED) is 0.645. The monoisotopic (exact) mass is 297 g/mol. The van der Waals surface area contributed by atoms with Crippen molar-refractivity contribution in [3.63, 3.8) is 0 Å². The van der Waals surface area contributed by atoms with Gasteiger partial charge in [0, 0.05) is 19.3 Å². The van der Waals surface area contributed by atoms with E-state index in [1.807, 2.05) is 0 Å². The van der Waals surface area contributed by atoms with Crippen LogP contribution in [-0.2, 0) is 4.74 Å². The molecular formula is C19H39NO. The largest absolute Gasteiger partial charge is 0.382 e. The molecule has 1 fully saturated rings. The second kappa shape index (κ2) is 9.15. The molecule has 21 heavy (non-hydrogen) atoms. The molecule has 126 valence electrons. The lowest BCUT2D eigenvalue weighted by Crippen LogP contribution is -2.38. The van der Waals surface area contributed by atoms with E-state index in [1.165, 1.54) is 38.6 Å². The summed E-state index contributed by atoms with van der Waals surface area (Å²) in [4.78, 5) is 0. The van der Waals surface area contributed by atoms with E-state index in [0.717, 1.165) is 31.0 Å². The number of nitrogens with one attached hydrogen (secondary N) is 1. The van der Waals surface area contributed by atoms with Crippen LogP contribution in [0.3, 0.4) is 0 Å². The number of ether oxygens (including phenoxy) is 1. The Kier molecular flexibility index (Phi) is 8.26. The molecule has 3 atom stereocenters. The Balaban J connectivity index is 2.52. The second-order valence-corrected chi connectivity index (χ2v) is 8.30. The second-order valence-electron chi connectivity index (χ2n) is 8.30. The zero-order valence-corrected chi connectivity index (χ0v) is 15.4. The topological polar surface area (TPSA) is 21.3 Å². The molecule has 0 aromatic heterocycles. The summed E-state index contributed by atoms with van der Waals surface area (Å²) >= 11 is 0. The maximum atomic E-state index is 5.54. The molecule has 0 spiro atoms. The van der Waals surface area contributed by atoms with Gasteiger partial charge in [0.25, 0.3) is 0 Å². The maximum Gasteiger partial charge on any atom is 0.0465 e. The van der Waals surface area contributed by atoms with Gasteiger partial charge in [-0.1, -0.05) is 34.6 Å². The van der Waals surface area contributed by atoms with Crippen LogP contribution in [0.4, 0.5) is 0 Å². The molecular weight excluding hydrogens is 258 g/mol. The van der Waals surface area contributed by atoms with E-state index in [9.17, 15) is 0 Å². The van der Waals surface area contributed by atoms with Gasteiger partial charge in [0.1, 0.15) is 0 Å². The van der Waals surface area contributed by atoms with E-state index in [2.05, 4.69) is 46.9 Å². The smallest absolute Gasteiger partial charge is 0.0465 e. The number of hydrogen-bond acceptors (Lipinski definition) is 2. The first-order valence-electron chi connectivity index (χ1n) is 9.15. The number of hydrogen-bond donors (Lipinski definition) is 1. The van der Waals surface area contributed by atoms with E-state index >= 15 is 0 Å². The Labute approximate surface area is 133 Å². The predicted molar refractivity (Wildman–Crippen MR) is 92.6 cm³/mol. The van der Waals surface area contributed by atoms with Crippen LogP contribution in [0, 0.1) is 23.2 Å². The minimum Gasteiger partial charge on any atom is -0.382 e. The Morgan fingerprint density at radius 1 is 1.14 bits per heavy atom. The third kappa shape index (κ3) is 7.15. The molecule has 1 aliphatic rings. The van der Waals surface area contributed by atoms with Crippen LogP contribution in [0.5, 0.6) is 0 Å². The molecule has 0 radical (unpaired) electrons. The van der Waals surface area contributed by atoms with Gasteiger partial charge in [-0.15, -0.1) is 0 Å². The van der Waals surface area contributed by atoms with Crippen molar-refractivity contribution in [1.82, 2.24) is 5.32 Å². The normalized spacial score (nSPS) is 27.3. The first kappa shape index (κ1) is 19.0. The summed E-state index contributed by atoms with van der Waals surface area (Å²) in [6, 6.07) is 0.606. The van der Waals surface area contributed by atoms with Crippen LogP contribution < -0.4 is 5.32 Å². The molecule has 2 heteroatoms. The molecule has 0 aromatic carbocycles. The highest BCUT2D eigenvalue weighted by Gasteiger charge is 2.35. The van der Waals surface area contributed by atoms with Gasteiger partial charge in [0.05, 0.1) is 0 Å². The summed E-state index contributed by atoms with van der Waals surface area (Å²) in [6.07, 6.45) is 6.81. The van der Waals surface area contributed by atoms with Crippen LogP contribution in [0.1, 0.15) is 73.6 Å². The van der Waals surface area contributed by atoms with Gasteiger partial charge in [-0.25, -0.2) is 0 Å². The fraction of sp³-hybridized carbons (Fsp3) is 1.00. The minimum absolute atomic E-state index is 0.467. The molecule has 0 saturated heterocycles. The zero-order valence-electron chi connectivity index (χ0n) is 15.4. The van der Waals surface area contributed by atoms with Gasteiger partial charge in [0.2, 0.25) is 0 Å². The standard InChI is InChI=1S/C19H39NO/c1-7-21-12-8-9-16-13-18(19(4,5)6)11-10-17(16)14-20-15(2)3/h15-18,20H,7-14H2,1-6H3. The summed E-state index contributed by atoms with van der Waals surface area (Å²) in [5, 5.41) is 3.67. The van der Waals surface area contributed by atoms with Crippen molar-refractivity contribution < 1.29 is 4.74 Å². The Bertz CT molecular complexity index is 269. The fourth-order valence-corrected chi connectivity index (χ4v) is 3.71. The molecule has 0 heterocycles. The molecule has 0 bridgehead atoms. The van der Waals surface area contributed by atoms with Crippen molar-refractivity contribution in [2.24, 2.45) is 23.2 Å². The van der Waals surface area contributed by atoms with Crippen LogP contribution in [0.2, 0.25) is 0 Å². The molecule has 0 amide bonds. The van der Waals surface area contributed by atoms with Crippen molar-refractivity contribution in [1.29, 1.82) is 0 Å². The highest BCUT2D eigenvalue weighted by molar-refractivity contribution is 4.86. The minimum atomic E-state index is 0.467. The molecule has 0 aliphatic heterocycles. The van der Waals surface area contributed by atoms with Crippen molar-refractivity contribution in [2.45, 2.75) is 79.7 Å². The predicted octanol–water partition coefficient (Wildman–Crippen LogP) is 4.88. The maximum absolute atomic E-state index is 5.54. The summed E-state index contributed by atoms with van der Waals surface area (Å²) in [5.41, 5.74) is 0.467. The molecule has 1 saturated carbocycles. The van der Waals surface area contributed by atoms with Crippen molar-refractivity contribution in [3.05, 3.63) is 0 Å². The Morgan fingerprint density at radius 2 is 1.86 bits per heavy atom. The van der Waals surface area contributed by atoms with Gasteiger partial charge in [-0.3, -0.25) is 0 Å².